The second-order valence-corrected chi connectivity index (χ2v) is 3.81. The van der Waals surface area contributed by atoms with E-state index in [1.807, 2.05) is 0 Å². The van der Waals surface area contributed by atoms with Crippen LogP contribution in [0.15, 0.2) is 4.99 Å². The number of rotatable bonds is 12. The van der Waals surface area contributed by atoms with Gasteiger partial charge >= 0.3 is 5.97 Å². The summed E-state index contributed by atoms with van der Waals surface area (Å²) in [5.41, 5.74) is 5.49. The molecule has 0 aromatic heterocycles. The standard InChI is InChI=1S/C11H25N5O2/c1-10(11(17)18)16-9-8-15-7-6-14-5-4-13-3-2-12/h13-15H,2-9,12H2,1H3,(H,17,18). The van der Waals surface area contributed by atoms with E-state index >= 15 is 0 Å². The molecule has 0 saturated carbocycles. The first-order valence-corrected chi connectivity index (χ1v) is 6.25. The third kappa shape index (κ3) is 11.5. The highest BCUT2D eigenvalue weighted by Gasteiger charge is 1.99. The van der Waals surface area contributed by atoms with Gasteiger partial charge in [-0.2, -0.15) is 0 Å². The number of aliphatic imine (C=N–C) groups is 1. The van der Waals surface area contributed by atoms with Crippen molar-refractivity contribution in [1.29, 1.82) is 0 Å². The summed E-state index contributed by atoms with van der Waals surface area (Å²) in [6, 6.07) is 0. The first kappa shape index (κ1) is 17.0. The highest BCUT2D eigenvalue weighted by Crippen LogP contribution is 1.77. The summed E-state index contributed by atoms with van der Waals surface area (Å²) >= 11 is 0. The summed E-state index contributed by atoms with van der Waals surface area (Å²) in [7, 11) is 0. The topological polar surface area (TPSA) is 112 Å². The third-order valence-electron chi connectivity index (χ3n) is 2.23. The Balaban J connectivity index is 3.17. The van der Waals surface area contributed by atoms with Crippen molar-refractivity contribution in [2.45, 2.75) is 6.92 Å². The van der Waals surface area contributed by atoms with E-state index in [4.69, 9.17) is 10.8 Å². The summed E-state index contributed by atoms with van der Waals surface area (Å²) < 4.78 is 0. The van der Waals surface area contributed by atoms with E-state index < -0.39 is 5.97 Å². The summed E-state index contributed by atoms with van der Waals surface area (Å²) in [5.74, 6) is -0.957. The Kier molecular flexibility index (Phi) is 11.7. The van der Waals surface area contributed by atoms with Gasteiger partial charge in [-0.15, -0.1) is 0 Å². The molecule has 0 aromatic rings. The molecule has 0 radical (unpaired) electrons. The molecule has 0 fully saturated rings. The molecule has 0 rings (SSSR count). The molecule has 0 bridgehead atoms. The van der Waals surface area contributed by atoms with E-state index in [1.165, 1.54) is 6.92 Å². The fourth-order valence-electron chi connectivity index (χ4n) is 1.20. The summed E-state index contributed by atoms with van der Waals surface area (Å²) in [6.45, 7) is 7.76. The predicted molar refractivity (Wildman–Crippen MR) is 73.3 cm³/mol. The first-order valence-electron chi connectivity index (χ1n) is 6.25. The van der Waals surface area contributed by atoms with E-state index in [9.17, 15) is 4.79 Å². The SMILES string of the molecule is CC(=NCCNCCNCCNCCN)C(=O)O. The second kappa shape index (κ2) is 12.4. The van der Waals surface area contributed by atoms with Crippen molar-refractivity contribution >= 4 is 11.7 Å². The first-order chi connectivity index (χ1) is 8.68. The number of carboxylic acid groups (broad SMARTS) is 1. The molecule has 18 heavy (non-hydrogen) atoms. The minimum atomic E-state index is -0.957. The Morgan fingerprint density at radius 2 is 1.56 bits per heavy atom. The maximum absolute atomic E-state index is 10.4. The lowest BCUT2D eigenvalue weighted by Crippen LogP contribution is -2.34. The van der Waals surface area contributed by atoms with Crippen LogP contribution in [0.4, 0.5) is 0 Å². The van der Waals surface area contributed by atoms with Crippen LogP contribution in [0.3, 0.4) is 0 Å². The van der Waals surface area contributed by atoms with Gasteiger partial charge in [-0.1, -0.05) is 0 Å². The van der Waals surface area contributed by atoms with Crippen LogP contribution in [0.2, 0.25) is 0 Å². The van der Waals surface area contributed by atoms with Gasteiger partial charge in [-0.05, 0) is 6.92 Å². The van der Waals surface area contributed by atoms with Gasteiger partial charge in [0.25, 0.3) is 0 Å². The van der Waals surface area contributed by atoms with E-state index in [2.05, 4.69) is 20.9 Å². The van der Waals surface area contributed by atoms with Crippen molar-refractivity contribution in [3.8, 4) is 0 Å². The van der Waals surface area contributed by atoms with Crippen molar-refractivity contribution in [2.24, 2.45) is 10.7 Å². The van der Waals surface area contributed by atoms with E-state index in [0.717, 1.165) is 32.7 Å². The minimum Gasteiger partial charge on any atom is -0.477 e. The highest BCUT2D eigenvalue weighted by molar-refractivity contribution is 6.34. The van der Waals surface area contributed by atoms with Crippen LogP contribution in [0.5, 0.6) is 0 Å². The Morgan fingerprint density at radius 1 is 1.06 bits per heavy atom. The van der Waals surface area contributed by atoms with Crippen LogP contribution in [-0.4, -0.2) is 69.1 Å². The van der Waals surface area contributed by atoms with Gasteiger partial charge in [0, 0.05) is 45.8 Å². The van der Waals surface area contributed by atoms with Crippen LogP contribution in [0, 0.1) is 0 Å². The number of hydrogen-bond acceptors (Lipinski definition) is 6. The molecule has 0 aliphatic carbocycles. The Hall–Kier alpha value is -1.02. The number of nitrogens with one attached hydrogen (secondary N) is 3. The normalized spacial score (nSPS) is 11.8. The maximum Gasteiger partial charge on any atom is 0.349 e. The molecule has 0 aliphatic rings. The molecule has 7 heteroatoms. The van der Waals surface area contributed by atoms with E-state index in [0.29, 0.717) is 19.6 Å². The van der Waals surface area contributed by atoms with Crippen LogP contribution in [-0.2, 0) is 4.79 Å². The number of nitrogens with two attached hydrogens (primary N) is 1. The van der Waals surface area contributed by atoms with E-state index in [-0.39, 0.29) is 5.71 Å². The smallest absolute Gasteiger partial charge is 0.349 e. The highest BCUT2D eigenvalue weighted by atomic mass is 16.4. The quantitative estimate of drug-likeness (QED) is 0.210. The molecule has 0 atom stereocenters. The monoisotopic (exact) mass is 259 g/mol. The van der Waals surface area contributed by atoms with Crippen LogP contribution < -0.4 is 21.7 Å². The fraction of sp³-hybridized carbons (Fsp3) is 0.818. The largest absolute Gasteiger partial charge is 0.477 e. The summed E-state index contributed by atoms with van der Waals surface area (Å²) in [6.07, 6.45) is 0. The molecule has 0 spiro atoms. The average Bonchev–Trinajstić information content (AvgIpc) is 2.35. The van der Waals surface area contributed by atoms with Crippen molar-refractivity contribution in [1.82, 2.24) is 16.0 Å². The third-order valence-corrected chi connectivity index (χ3v) is 2.23. The molecule has 0 amide bonds. The number of nitrogens with zero attached hydrogens (tertiary/aromatic N) is 1. The predicted octanol–water partition coefficient (Wildman–Crippen LogP) is -1.74. The average molecular weight is 259 g/mol. The van der Waals surface area contributed by atoms with Crippen LogP contribution in [0.1, 0.15) is 6.92 Å². The molecule has 0 heterocycles. The molecule has 0 aromatic carbocycles. The molecule has 0 aliphatic heterocycles. The number of carboxylic acids is 1. The summed E-state index contributed by atoms with van der Waals surface area (Å²) in [5, 5.41) is 18.2. The van der Waals surface area contributed by atoms with Gasteiger partial charge in [0.05, 0.1) is 6.54 Å². The van der Waals surface area contributed by atoms with Gasteiger partial charge in [-0.3, -0.25) is 4.99 Å². The Morgan fingerprint density at radius 3 is 2.06 bits per heavy atom. The zero-order valence-corrected chi connectivity index (χ0v) is 11.0. The molecule has 7 nitrogen and oxygen atoms in total. The molecular weight excluding hydrogens is 234 g/mol. The van der Waals surface area contributed by atoms with Gasteiger partial charge in [0.2, 0.25) is 0 Å². The van der Waals surface area contributed by atoms with Crippen LogP contribution >= 0.6 is 0 Å². The zero-order chi connectivity index (χ0) is 13.6. The van der Waals surface area contributed by atoms with Crippen molar-refractivity contribution in [3.63, 3.8) is 0 Å². The molecule has 106 valence electrons. The van der Waals surface area contributed by atoms with Crippen molar-refractivity contribution < 1.29 is 9.90 Å². The molecule has 0 saturated heterocycles. The van der Waals surface area contributed by atoms with Gasteiger partial charge in [-0.25, -0.2) is 4.79 Å². The number of hydrogen-bond donors (Lipinski definition) is 5. The maximum atomic E-state index is 10.4. The second-order valence-electron chi connectivity index (χ2n) is 3.81. The fourth-order valence-corrected chi connectivity index (χ4v) is 1.20. The van der Waals surface area contributed by atoms with Gasteiger partial charge in [0.15, 0.2) is 0 Å². The van der Waals surface area contributed by atoms with Gasteiger partial charge < -0.3 is 26.8 Å². The Bertz CT molecular complexity index is 246. The Labute approximate surface area is 108 Å². The lowest BCUT2D eigenvalue weighted by atomic mass is 10.4. The van der Waals surface area contributed by atoms with Gasteiger partial charge in [0.1, 0.15) is 5.71 Å². The summed E-state index contributed by atoms with van der Waals surface area (Å²) in [4.78, 5) is 14.3. The zero-order valence-electron chi connectivity index (χ0n) is 11.0. The van der Waals surface area contributed by atoms with Crippen molar-refractivity contribution in [3.05, 3.63) is 0 Å². The molecular formula is C11H25N5O2. The van der Waals surface area contributed by atoms with Crippen LogP contribution in [0.25, 0.3) is 0 Å². The number of carbonyl (C=O) groups is 1. The number of aliphatic carboxylic acids is 1. The van der Waals surface area contributed by atoms with Crippen molar-refractivity contribution in [2.75, 3.05) is 52.4 Å². The minimum absolute atomic E-state index is 0.154. The molecule has 6 N–H and O–H groups in total. The molecule has 0 unspecified atom stereocenters. The lowest BCUT2D eigenvalue weighted by Gasteiger charge is -2.06. The van der Waals surface area contributed by atoms with E-state index in [1.54, 1.807) is 0 Å². The lowest BCUT2D eigenvalue weighted by molar-refractivity contribution is -0.129.